The second-order valence-corrected chi connectivity index (χ2v) is 4.69. The fraction of sp³-hybridized carbons (Fsp3) is 0.615. The van der Waals surface area contributed by atoms with E-state index in [9.17, 15) is 4.79 Å². The van der Waals surface area contributed by atoms with Crippen LogP contribution in [0.15, 0.2) is 12.1 Å². The SMILES string of the molecule is Cc1ccc(C)n1CCNC(=O)C1CCC1. The average Bonchev–Trinajstić information content (AvgIpc) is 2.46. The van der Waals surface area contributed by atoms with E-state index in [1.54, 1.807) is 0 Å². The molecule has 88 valence electrons. The molecule has 1 aliphatic rings. The second kappa shape index (κ2) is 4.73. The van der Waals surface area contributed by atoms with E-state index in [1.165, 1.54) is 17.8 Å². The Kier molecular flexibility index (Phi) is 3.32. The Hall–Kier alpha value is -1.25. The molecule has 0 aliphatic heterocycles. The summed E-state index contributed by atoms with van der Waals surface area (Å²) in [5, 5.41) is 3.02. The third-order valence-electron chi connectivity index (χ3n) is 3.53. The fourth-order valence-electron chi connectivity index (χ4n) is 2.16. The standard InChI is InChI=1S/C13H20N2O/c1-10-6-7-11(2)15(10)9-8-14-13(16)12-4-3-5-12/h6-7,12H,3-5,8-9H2,1-2H3,(H,14,16). The van der Waals surface area contributed by atoms with Crippen LogP contribution in [0.25, 0.3) is 0 Å². The summed E-state index contributed by atoms with van der Waals surface area (Å²) in [7, 11) is 0. The Bertz CT molecular complexity index is 358. The molecule has 0 saturated heterocycles. The molecule has 1 aromatic heterocycles. The summed E-state index contributed by atoms with van der Waals surface area (Å²) in [6.07, 6.45) is 3.37. The van der Waals surface area contributed by atoms with E-state index in [2.05, 4.69) is 35.9 Å². The maximum absolute atomic E-state index is 11.6. The highest BCUT2D eigenvalue weighted by Crippen LogP contribution is 2.26. The number of nitrogens with one attached hydrogen (secondary N) is 1. The number of hydrogen-bond acceptors (Lipinski definition) is 1. The highest BCUT2D eigenvalue weighted by Gasteiger charge is 2.24. The minimum Gasteiger partial charge on any atom is -0.354 e. The summed E-state index contributed by atoms with van der Waals surface area (Å²) in [5.41, 5.74) is 2.52. The Labute approximate surface area is 96.8 Å². The van der Waals surface area contributed by atoms with E-state index < -0.39 is 0 Å². The van der Waals surface area contributed by atoms with E-state index >= 15 is 0 Å². The van der Waals surface area contributed by atoms with Crippen molar-refractivity contribution >= 4 is 5.91 Å². The first kappa shape index (κ1) is 11.2. The molecular weight excluding hydrogens is 200 g/mol. The van der Waals surface area contributed by atoms with Crippen LogP contribution in [0.3, 0.4) is 0 Å². The van der Waals surface area contributed by atoms with Crippen LogP contribution in [-0.2, 0) is 11.3 Å². The lowest BCUT2D eigenvalue weighted by molar-refractivity contribution is -0.127. The van der Waals surface area contributed by atoms with Gasteiger partial charge in [-0.25, -0.2) is 0 Å². The molecule has 1 saturated carbocycles. The molecule has 0 spiro atoms. The molecule has 0 radical (unpaired) electrons. The van der Waals surface area contributed by atoms with Crippen molar-refractivity contribution in [2.75, 3.05) is 6.54 Å². The molecule has 0 unspecified atom stereocenters. The van der Waals surface area contributed by atoms with Crippen molar-refractivity contribution in [2.24, 2.45) is 5.92 Å². The quantitative estimate of drug-likeness (QED) is 0.827. The molecule has 0 aromatic carbocycles. The highest BCUT2D eigenvalue weighted by molar-refractivity contribution is 5.79. The van der Waals surface area contributed by atoms with Gasteiger partial charge in [-0.05, 0) is 38.8 Å². The maximum Gasteiger partial charge on any atom is 0.223 e. The van der Waals surface area contributed by atoms with Crippen molar-refractivity contribution in [1.82, 2.24) is 9.88 Å². The summed E-state index contributed by atoms with van der Waals surface area (Å²) >= 11 is 0. The van der Waals surface area contributed by atoms with Gasteiger partial charge < -0.3 is 9.88 Å². The average molecular weight is 220 g/mol. The second-order valence-electron chi connectivity index (χ2n) is 4.69. The summed E-state index contributed by atoms with van der Waals surface area (Å²) < 4.78 is 2.24. The summed E-state index contributed by atoms with van der Waals surface area (Å²) in [4.78, 5) is 11.6. The van der Waals surface area contributed by atoms with Crippen molar-refractivity contribution in [3.63, 3.8) is 0 Å². The first-order valence-corrected chi connectivity index (χ1v) is 6.09. The number of aromatic nitrogens is 1. The van der Waals surface area contributed by atoms with Crippen molar-refractivity contribution in [3.05, 3.63) is 23.5 Å². The van der Waals surface area contributed by atoms with Gasteiger partial charge >= 0.3 is 0 Å². The third-order valence-corrected chi connectivity index (χ3v) is 3.53. The monoisotopic (exact) mass is 220 g/mol. The van der Waals surface area contributed by atoms with E-state index in [0.717, 1.165) is 25.9 Å². The molecule has 1 fully saturated rings. The number of amides is 1. The molecule has 1 amide bonds. The van der Waals surface area contributed by atoms with Crippen LogP contribution in [0.5, 0.6) is 0 Å². The van der Waals surface area contributed by atoms with Crippen LogP contribution in [0, 0.1) is 19.8 Å². The van der Waals surface area contributed by atoms with Gasteiger partial charge in [0.05, 0.1) is 0 Å². The van der Waals surface area contributed by atoms with Gasteiger partial charge in [-0.1, -0.05) is 6.42 Å². The number of carbonyl (C=O) groups excluding carboxylic acids is 1. The minimum atomic E-state index is 0.244. The van der Waals surface area contributed by atoms with Gasteiger partial charge in [0.2, 0.25) is 5.91 Å². The van der Waals surface area contributed by atoms with Crippen LogP contribution in [0.1, 0.15) is 30.7 Å². The normalized spacial score (nSPS) is 15.9. The smallest absolute Gasteiger partial charge is 0.223 e. The number of carbonyl (C=O) groups is 1. The maximum atomic E-state index is 11.6. The fourth-order valence-corrected chi connectivity index (χ4v) is 2.16. The van der Waals surface area contributed by atoms with E-state index in [4.69, 9.17) is 0 Å². The zero-order valence-electron chi connectivity index (χ0n) is 10.1. The number of aryl methyl sites for hydroxylation is 2. The minimum absolute atomic E-state index is 0.244. The Morgan fingerprint density at radius 2 is 2.00 bits per heavy atom. The van der Waals surface area contributed by atoms with Gasteiger partial charge in [0.15, 0.2) is 0 Å². The predicted molar refractivity (Wildman–Crippen MR) is 64.3 cm³/mol. The number of rotatable bonds is 4. The molecule has 1 N–H and O–H groups in total. The number of hydrogen-bond donors (Lipinski definition) is 1. The van der Waals surface area contributed by atoms with Crippen LogP contribution in [0.2, 0.25) is 0 Å². The molecule has 16 heavy (non-hydrogen) atoms. The van der Waals surface area contributed by atoms with Gasteiger partial charge in [0.25, 0.3) is 0 Å². The van der Waals surface area contributed by atoms with Crippen molar-refractivity contribution in [1.29, 1.82) is 0 Å². The van der Waals surface area contributed by atoms with Crippen molar-refractivity contribution in [3.8, 4) is 0 Å². The molecular formula is C13H20N2O. The van der Waals surface area contributed by atoms with Crippen molar-refractivity contribution < 1.29 is 4.79 Å². The predicted octanol–water partition coefficient (Wildman–Crippen LogP) is 2.02. The molecule has 2 rings (SSSR count). The first-order chi connectivity index (χ1) is 7.68. The van der Waals surface area contributed by atoms with E-state index in [-0.39, 0.29) is 5.91 Å². The third kappa shape index (κ3) is 2.29. The van der Waals surface area contributed by atoms with Gasteiger partial charge in [0, 0.05) is 30.4 Å². The van der Waals surface area contributed by atoms with Gasteiger partial charge in [-0.3, -0.25) is 4.79 Å². The topological polar surface area (TPSA) is 34.0 Å². The first-order valence-electron chi connectivity index (χ1n) is 6.09. The number of nitrogens with zero attached hydrogens (tertiary/aromatic N) is 1. The van der Waals surface area contributed by atoms with Crippen molar-refractivity contribution in [2.45, 2.75) is 39.7 Å². The lowest BCUT2D eigenvalue weighted by Crippen LogP contribution is -2.36. The highest BCUT2D eigenvalue weighted by atomic mass is 16.1. The molecule has 3 heteroatoms. The Morgan fingerprint density at radius 3 is 2.50 bits per heavy atom. The Balaban J connectivity index is 1.77. The van der Waals surface area contributed by atoms with Crippen LogP contribution in [-0.4, -0.2) is 17.0 Å². The molecule has 3 nitrogen and oxygen atoms in total. The summed E-state index contributed by atoms with van der Waals surface area (Å²) in [6, 6.07) is 4.23. The zero-order chi connectivity index (χ0) is 11.5. The molecule has 0 atom stereocenters. The van der Waals surface area contributed by atoms with Crippen LogP contribution in [0.4, 0.5) is 0 Å². The van der Waals surface area contributed by atoms with Crippen LogP contribution >= 0.6 is 0 Å². The Morgan fingerprint density at radius 1 is 1.38 bits per heavy atom. The van der Waals surface area contributed by atoms with Gasteiger partial charge in [0.1, 0.15) is 0 Å². The molecule has 1 heterocycles. The molecule has 1 aliphatic carbocycles. The van der Waals surface area contributed by atoms with Gasteiger partial charge in [-0.2, -0.15) is 0 Å². The zero-order valence-corrected chi connectivity index (χ0v) is 10.1. The van der Waals surface area contributed by atoms with Crippen LogP contribution < -0.4 is 5.32 Å². The summed E-state index contributed by atoms with van der Waals surface area (Å²) in [6.45, 7) is 5.82. The van der Waals surface area contributed by atoms with E-state index in [1.807, 2.05) is 0 Å². The molecule has 0 bridgehead atoms. The lowest BCUT2D eigenvalue weighted by atomic mass is 9.85. The lowest BCUT2D eigenvalue weighted by Gasteiger charge is -2.24. The van der Waals surface area contributed by atoms with E-state index in [0.29, 0.717) is 5.92 Å². The largest absolute Gasteiger partial charge is 0.354 e. The van der Waals surface area contributed by atoms with Gasteiger partial charge in [-0.15, -0.1) is 0 Å². The molecule has 1 aromatic rings. The summed E-state index contributed by atoms with van der Waals surface area (Å²) in [5.74, 6) is 0.542.